The molecule has 0 aliphatic carbocycles. The number of nitrogens with zero attached hydrogens (tertiary/aromatic N) is 1. The molecule has 0 saturated carbocycles. The van der Waals surface area contributed by atoms with Crippen LogP contribution in [-0.4, -0.2) is 34.5 Å². The molecule has 0 aliphatic rings. The second-order valence-corrected chi connectivity index (χ2v) is 8.19. The van der Waals surface area contributed by atoms with E-state index in [1.165, 1.54) is 42.5 Å². The second kappa shape index (κ2) is 9.71. The van der Waals surface area contributed by atoms with Crippen molar-refractivity contribution in [1.82, 2.24) is 0 Å². The van der Waals surface area contributed by atoms with Gasteiger partial charge >= 0.3 is 0 Å². The summed E-state index contributed by atoms with van der Waals surface area (Å²) in [6, 6.07) is 9.14. The molecule has 2 aromatic carbocycles. The van der Waals surface area contributed by atoms with Crippen molar-refractivity contribution in [1.29, 1.82) is 0 Å². The normalized spacial score (nSPS) is 11.8. The lowest BCUT2D eigenvalue weighted by Crippen LogP contribution is -2.40. The Balaban J connectivity index is 2.51. The van der Waals surface area contributed by atoms with Gasteiger partial charge in [-0.1, -0.05) is 23.2 Å². The van der Waals surface area contributed by atoms with Gasteiger partial charge in [-0.25, -0.2) is 12.8 Å². The number of ether oxygens (including phenoxy) is 2. The van der Waals surface area contributed by atoms with Crippen molar-refractivity contribution in [3.63, 3.8) is 0 Å². The van der Waals surface area contributed by atoms with E-state index < -0.39 is 22.1 Å². The van der Waals surface area contributed by atoms with Gasteiger partial charge in [0.2, 0.25) is 0 Å². The molecule has 5 nitrogen and oxygen atoms in total. The summed E-state index contributed by atoms with van der Waals surface area (Å²) in [5, 5.41) is 0.373. The minimum absolute atomic E-state index is 0.0870. The molecule has 148 valence electrons. The smallest absolute Gasteiger partial charge is 0.264 e. The number of benzene rings is 2. The topological polar surface area (TPSA) is 55.8 Å². The van der Waals surface area contributed by atoms with Gasteiger partial charge < -0.3 is 9.47 Å². The van der Waals surface area contributed by atoms with E-state index in [0.717, 1.165) is 4.31 Å². The standard InChI is InChI=1S/C18H20Cl2FNO4S/c1-3-25-18(26-4-2)12-22(16-7-5-15(21)6-8-16)27(23,24)17-10-13(19)9-14(20)11-17/h5-11,18H,3-4,12H2,1-2H3. The first-order valence-electron chi connectivity index (χ1n) is 8.25. The molecule has 2 rings (SSSR count). The molecule has 0 atom stereocenters. The average Bonchev–Trinajstić information content (AvgIpc) is 2.60. The first-order chi connectivity index (χ1) is 12.8. The predicted octanol–water partition coefficient (Wildman–Crippen LogP) is 4.73. The maximum absolute atomic E-state index is 13.3. The van der Waals surface area contributed by atoms with Crippen LogP contribution >= 0.6 is 23.2 Å². The molecule has 9 heteroatoms. The van der Waals surface area contributed by atoms with Gasteiger partial charge in [-0.2, -0.15) is 0 Å². The molecular weight excluding hydrogens is 416 g/mol. The quantitative estimate of drug-likeness (QED) is 0.534. The maximum atomic E-state index is 13.3. The van der Waals surface area contributed by atoms with E-state index in [1.807, 2.05) is 0 Å². The van der Waals surface area contributed by atoms with Crippen molar-refractivity contribution in [2.75, 3.05) is 24.1 Å². The fraction of sp³-hybridized carbons (Fsp3) is 0.333. The number of rotatable bonds is 9. The van der Waals surface area contributed by atoms with Gasteiger partial charge in [0.15, 0.2) is 6.29 Å². The largest absolute Gasteiger partial charge is 0.351 e. The average molecular weight is 436 g/mol. The van der Waals surface area contributed by atoms with E-state index in [2.05, 4.69) is 0 Å². The van der Waals surface area contributed by atoms with Crippen LogP contribution in [0.25, 0.3) is 0 Å². The van der Waals surface area contributed by atoms with E-state index in [0.29, 0.717) is 13.2 Å². The zero-order valence-corrected chi connectivity index (χ0v) is 17.2. The highest BCUT2D eigenvalue weighted by Gasteiger charge is 2.29. The summed E-state index contributed by atoms with van der Waals surface area (Å²) in [4.78, 5) is -0.0870. The summed E-state index contributed by atoms with van der Waals surface area (Å²) in [5.74, 6) is -0.479. The Morgan fingerprint density at radius 1 is 1.00 bits per heavy atom. The number of anilines is 1. The molecule has 0 fully saturated rings. The lowest BCUT2D eigenvalue weighted by molar-refractivity contribution is -0.128. The van der Waals surface area contributed by atoms with E-state index in [9.17, 15) is 12.8 Å². The summed E-state index contributed by atoms with van der Waals surface area (Å²) in [5.41, 5.74) is 0.261. The van der Waals surface area contributed by atoms with Crippen molar-refractivity contribution >= 4 is 38.9 Å². The molecule has 27 heavy (non-hydrogen) atoms. The third-order valence-electron chi connectivity index (χ3n) is 3.56. The molecule has 0 unspecified atom stereocenters. The summed E-state index contributed by atoms with van der Waals surface area (Å²) < 4.78 is 51.9. The van der Waals surface area contributed by atoms with Crippen LogP contribution in [0, 0.1) is 5.82 Å². The highest BCUT2D eigenvalue weighted by atomic mass is 35.5. The molecule has 0 spiro atoms. The molecule has 0 heterocycles. The molecule has 0 N–H and O–H groups in total. The molecule has 0 bridgehead atoms. The van der Waals surface area contributed by atoms with Gasteiger partial charge in [0, 0.05) is 23.3 Å². The molecule has 0 amide bonds. The lowest BCUT2D eigenvalue weighted by atomic mass is 10.3. The first-order valence-corrected chi connectivity index (χ1v) is 10.4. The van der Waals surface area contributed by atoms with Crippen LogP contribution in [0.5, 0.6) is 0 Å². The monoisotopic (exact) mass is 435 g/mol. The van der Waals surface area contributed by atoms with Crippen molar-refractivity contribution in [3.8, 4) is 0 Å². The number of halogens is 3. The highest BCUT2D eigenvalue weighted by molar-refractivity contribution is 7.92. The van der Waals surface area contributed by atoms with Gasteiger partial charge in [-0.15, -0.1) is 0 Å². The fourth-order valence-electron chi connectivity index (χ4n) is 2.42. The Bertz CT molecular complexity index is 836. The van der Waals surface area contributed by atoms with Gasteiger partial charge in [0.25, 0.3) is 10.0 Å². The Morgan fingerprint density at radius 2 is 1.52 bits per heavy atom. The lowest BCUT2D eigenvalue weighted by Gasteiger charge is -2.28. The summed E-state index contributed by atoms with van der Waals surface area (Å²) in [7, 11) is -4.06. The van der Waals surface area contributed by atoms with Crippen LogP contribution in [0.15, 0.2) is 47.4 Å². The van der Waals surface area contributed by atoms with E-state index in [-0.39, 0.29) is 27.2 Å². The molecular formula is C18H20Cl2FNO4S. The number of hydrogen-bond acceptors (Lipinski definition) is 4. The van der Waals surface area contributed by atoms with Gasteiger partial charge in [0.05, 0.1) is 17.1 Å². The van der Waals surface area contributed by atoms with Crippen LogP contribution < -0.4 is 4.31 Å². The van der Waals surface area contributed by atoms with Gasteiger partial charge in [0.1, 0.15) is 5.82 Å². The van der Waals surface area contributed by atoms with Crippen molar-refractivity contribution in [2.24, 2.45) is 0 Å². The highest BCUT2D eigenvalue weighted by Crippen LogP contribution is 2.29. The molecule has 2 aromatic rings. The van der Waals surface area contributed by atoms with Gasteiger partial charge in [-0.05, 0) is 56.3 Å². The van der Waals surface area contributed by atoms with E-state index in [4.69, 9.17) is 32.7 Å². The third-order valence-corrected chi connectivity index (χ3v) is 5.77. The minimum Gasteiger partial charge on any atom is -0.351 e. The van der Waals surface area contributed by atoms with Gasteiger partial charge in [-0.3, -0.25) is 4.31 Å². The minimum atomic E-state index is -4.06. The van der Waals surface area contributed by atoms with Crippen LogP contribution in [-0.2, 0) is 19.5 Å². The van der Waals surface area contributed by atoms with Crippen LogP contribution in [0.1, 0.15) is 13.8 Å². The fourth-order valence-corrected chi connectivity index (χ4v) is 4.59. The summed E-state index contributed by atoms with van der Waals surface area (Å²) in [6.45, 7) is 4.11. The Hall–Kier alpha value is -1.38. The number of hydrogen-bond donors (Lipinski definition) is 0. The molecule has 0 aliphatic heterocycles. The Kier molecular flexibility index (Phi) is 7.88. The summed E-state index contributed by atoms with van der Waals surface area (Å²) >= 11 is 11.9. The maximum Gasteiger partial charge on any atom is 0.264 e. The molecule has 0 aromatic heterocycles. The van der Waals surface area contributed by atoms with Crippen LogP contribution in [0.3, 0.4) is 0 Å². The zero-order valence-electron chi connectivity index (χ0n) is 14.9. The second-order valence-electron chi connectivity index (χ2n) is 5.46. The van der Waals surface area contributed by atoms with Crippen molar-refractivity contribution in [2.45, 2.75) is 25.0 Å². The molecule has 0 radical (unpaired) electrons. The van der Waals surface area contributed by atoms with E-state index in [1.54, 1.807) is 13.8 Å². The SMILES string of the molecule is CCOC(CN(c1ccc(F)cc1)S(=O)(=O)c1cc(Cl)cc(Cl)c1)OCC. The van der Waals surface area contributed by atoms with Crippen LogP contribution in [0.4, 0.5) is 10.1 Å². The van der Waals surface area contributed by atoms with Crippen LogP contribution in [0.2, 0.25) is 10.0 Å². The Labute approximate surface area is 168 Å². The summed E-state index contributed by atoms with van der Waals surface area (Å²) in [6.07, 6.45) is -0.797. The first kappa shape index (κ1) is 21.9. The van der Waals surface area contributed by atoms with E-state index >= 15 is 0 Å². The predicted molar refractivity (Wildman–Crippen MR) is 104 cm³/mol. The third kappa shape index (κ3) is 5.80. The zero-order chi connectivity index (χ0) is 20.0. The number of sulfonamides is 1. The molecule has 0 saturated heterocycles. The van der Waals surface area contributed by atoms with Crippen molar-refractivity contribution in [3.05, 3.63) is 58.3 Å². The Morgan fingerprint density at radius 3 is 2.00 bits per heavy atom. The van der Waals surface area contributed by atoms with Crippen molar-refractivity contribution < 1.29 is 22.3 Å².